The normalized spacial score (nSPS) is 14.7. The molecule has 0 saturated carbocycles. The van der Waals surface area contributed by atoms with Crippen LogP contribution < -0.4 is 0 Å². The Morgan fingerprint density at radius 1 is 0.654 bits per heavy atom. The predicted octanol–water partition coefficient (Wildman–Crippen LogP) is 6.22. The first-order chi connectivity index (χ1) is 12.8. The molecular weight excluding hydrogens is 314 g/mol. The van der Waals surface area contributed by atoms with E-state index in [1.165, 1.54) is 38.9 Å². The first kappa shape index (κ1) is 15.1. The molecule has 1 aromatic heterocycles. The van der Waals surface area contributed by atoms with Crippen molar-refractivity contribution in [3.63, 3.8) is 0 Å². The topological polar surface area (TPSA) is 12.9 Å². The van der Waals surface area contributed by atoms with Gasteiger partial charge in [0.1, 0.15) is 0 Å². The van der Waals surface area contributed by atoms with Gasteiger partial charge in [-0.1, -0.05) is 78.9 Å². The van der Waals surface area contributed by atoms with Gasteiger partial charge in [0.2, 0.25) is 0 Å². The Labute approximate surface area is 154 Å². The van der Waals surface area contributed by atoms with Gasteiger partial charge in [0.05, 0.1) is 5.69 Å². The monoisotopic (exact) mass is 333 g/mol. The largest absolute Gasteiger partial charge is 0.256 e. The van der Waals surface area contributed by atoms with E-state index in [2.05, 4.69) is 91.9 Å². The third-order valence-electron chi connectivity index (χ3n) is 5.28. The number of benzene rings is 3. The first-order valence-corrected chi connectivity index (χ1v) is 9.03. The van der Waals surface area contributed by atoms with Crippen LogP contribution in [0.15, 0.2) is 91.1 Å². The van der Waals surface area contributed by atoms with E-state index in [0.29, 0.717) is 0 Å². The summed E-state index contributed by atoms with van der Waals surface area (Å²) in [6.07, 6.45) is 1.95. The van der Waals surface area contributed by atoms with E-state index in [0.717, 1.165) is 5.69 Å². The number of aromatic nitrogens is 1. The van der Waals surface area contributed by atoms with Crippen LogP contribution in [0.5, 0.6) is 0 Å². The highest BCUT2D eigenvalue weighted by Gasteiger charge is 2.32. The van der Waals surface area contributed by atoms with Crippen LogP contribution >= 0.6 is 0 Å². The lowest BCUT2D eigenvalue weighted by Crippen LogP contribution is -2.01. The molecule has 0 radical (unpaired) electrons. The molecule has 1 nitrogen and oxygen atoms in total. The lowest BCUT2D eigenvalue weighted by Gasteiger charge is -2.17. The SMILES string of the molecule is Cc1ccc(-c2cccc3c2C(c2ccccc2)c2ccccc2-3)nc1. The predicted molar refractivity (Wildman–Crippen MR) is 107 cm³/mol. The number of rotatable bonds is 2. The third-order valence-corrected chi connectivity index (χ3v) is 5.28. The minimum atomic E-state index is 0.252. The maximum absolute atomic E-state index is 4.72. The molecule has 1 aliphatic carbocycles. The second-order valence-corrected chi connectivity index (χ2v) is 6.92. The second kappa shape index (κ2) is 5.96. The molecule has 1 atom stereocenters. The zero-order valence-corrected chi connectivity index (χ0v) is 14.7. The van der Waals surface area contributed by atoms with Gasteiger partial charge >= 0.3 is 0 Å². The average molecular weight is 333 g/mol. The Morgan fingerprint density at radius 2 is 1.38 bits per heavy atom. The van der Waals surface area contributed by atoms with Crippen LogP contribution in [0, 0.1) is 6.92 Å². The van der Waals surface area contributed by atoms with Crippen LogP contribution in [0.3, 0.4) is 0 Å². The number of hydrogen-bond donors (Lipinski definition) is 0. The summed E-state index contributed by atoms with van der Waals surface area (Å²) < 4.78 is 0. The second-order valence-electron chi connectivity index (χ2n) is 6.92. The van der Waals surface area contributed by atoms with E-state index in [1.54, 1.807) is 0 Å². The summed E-state index contributed by atoms with van der Waals surface area (Å²) in [7, 11) is 0. The fourth-order valence-corrected chi connectivity index (χ4v) is 4.10. The van der Waals surface area contributed by atoms with Crippen LogP contribution in [0.4, 0.5) is 0 Å². The highest BCUT2D eigenvalue weighted by Crippen LogP contribution is 2.51. The fraction of sp³-hybridized carbons (Fsp3) is 0.0800. The van der Waals surface area contributed by atoms with E-state index >= 15 is 0 Å². The highest BCUT2D eigenvalue weighted by molar-refractivity contribution is 5.87. The standard InChI is InChI=1S/C25H19N/c1-17-14-15-23(26-16-17)22-13-7-12-21-19-10-5-6-11-20(19)24(25(21)22)18-8-3-2-4-9-18/h2-16,24H,1H3. The van der Waals surface area contributed by atoms with Crippen molar-refractivity contribution in [2.24, 2.45) is 0 Å². The van der Waals surface area contributed by atoms with E-state index in [4.69, 9.17) is 4.98 Å². The summed E-state index contributed by atoms with van der Waals surface area (Å²) in [5.41, 5.74) is 10.2. The average Bonchev–Trinajstić information content (AvgIpc) is 3.04. The van der Waals surface area contributed by atoms with Crippen LogP contribution in [0.1, 0.15) is 28.2 Å². The van der Waals surface area contributed by atoms with Crippen molar-refractivity contribution in [2.45, 2.75) is 12.8 Å². The Bertz CT molecular complexity index is 1080. The summed E-state index contributed by atoms with van der Waals surface area (Å²) in [6, 6.07) is 30.5. The quantitative estimate of drug-likeness (QED) is 0.374. The summed E-state index contributed by atoms with van der Waals surface area (Å²) >= 11 is 0. The molecule has 1 unspecified atom stereocenters. The molecule has 4 aromatic rings. The van der Waals surface area contributed by atoms with Crippen LogP contribution in [0.25, 0.3) is 22.4 Å². The van der Waals surface area contributed by atoms with Crippen molar-refractivity contribution in [3.8, 4) is 22.4 Å². The summed E-state index contributed by atoms with van der Waals surface area (Å²) in [5.74, 6) is 0.252. The number of aryl methyl sites for hydroxylation is 1. The molecule has 1 heteroatoms. The molecule has 0 fully saturated rings. The maximum Gasteiger partial charge on any atom is 0.0705 e. The zero-order valence-electron chi connectivity index (χ0n) is 14.7. The van der Waals surface area contributed by atoms with Gasteiger partial charge in [-0.25, -0.2) is 0 Å². The fourth-order valence-electron chi connectivity index (χ4n) is 4.10. The van der Waals surface area contributed by atoms with Crippen molar-refractivity contribution in [3.05, 3.63) is 113 Å². The number of pyridine rings is 1. The highest BCUT2D eigenvalue weighted by atomic mass is 14.7. The number of nitrogens with zero attached hydrogens (tertiary/aromatic N) is 1. The van der Waals surface area contributed by atoms with E-state index in [-0.39, 0.29) is 5.92 Å². The van der Waals surface area contributed by atoms with Crippen molar-refractivity contribution >= 4 is 0 Å². The molecule has 0 aliphatic heterocycles. The van der Waals surface area contributed by atoms with Crippen LogP contribution in [-0.4, -0.2) is 4.98 Å². The smallest absolute Gasteiger partial charge is 0.0705 e. The Balaban J connectivity index is 1.81. The molecule has 0 saturated heterocycles. The van der Waals surface area contributed by atoms with Crippen molar-refractivity contribution in [1.82, 2.24) is 4.98 Å². The van der Waals surface area contributed by atoms with Gasteiger partial charge in [0.25, 0.3) is 0 Å². The van der Waals surface area contributed by atoms with Gasteiger partial charge in [-0.05, 0) is 46.4 Å². The minimum Gasteiger partial charge on any atom is -0.256 e. The maximum atomic E-state index is 4.72. The molecule has 0 spiro atoms. The van der Waals surface area contributed by atoms with Gasteiger partial charge in [0.15, 0.2) is 0 Å². The Morgan fingerprint density at radius 3 is 2.19 bits per heavy atom. The molecule has 5 rings (SSSR count). The third kappa shape index (κ3) is 2.28. The van der Waals surface area contributed by atoms with Gasteiger partial charge in [-0.3, -0.25) is 4.98 Å². The van der Waals surface area contributed by atoms with Crippen LogP contribution in [-0.2, 0) is 0 Å². The molecule has 26 heavy (non-hydrogen) atoms. The van der Waals surface area contributed by atoms with Crippen molar-refractivity contribution < 1.29 is 0 Å². The van der Waals surface area contributed by atoms with E-state index in [9.17, 15) is 0 Å². The molecular formula is C25H19N. The molecule has 124 valence electrons. The van der Waals surface area contributed by atoms with Gasteiger partial charge in [-0.2, -0.15) is 0 Å². The lowest BCUT2D eigenvalue weighted by atomic mass is 9.86. The van der Waals surface area contributed by atoms with E-state index in [1.807, 2.05) is 6.20 Å². The first-order valence-electron chi connectivity index (χ1n) is 9.03. The van der Waals surface area contributed by atoms with Crippen LogP contribution in [0.2, 0.25) is 0 Å². The lowest BCUT2D eigenvalue weighted by molar-refractivity contribution is 1.01. The number of fused-ring (bicyclic) bond motifs is 3. The Kier molecular flexibility index (Phi) is 3.46. The van der Waals surface area contributed by atoms with Gasteiger partial charge < -0.3 is 0 Å². The zero-order chi connectivity index (χ0) is 17.5. The molecule has 0 bridgehead atoms. The minimum absolute atomic E-state index is 0.252. The number of hydrogen-bond acceptors (Lipinski definition) is 1. The molecule has 3 aromatic carbocycles. The van der Waals surface area contributed by atoms with E-state index < -0.39 is 0 Å². The summed E-state index contributed by atoms with van der Waals surface area (Å²) in [6.45, 7) is 2.08. The Hall–Kier alpha value is -3.19. The van der Waals surface area contributed by atoms with Gasteiger partial charge in [-0.15, -0.1) is 0 Å². The molecule has 1 aliphatic rings. The summed E-state index contributed by atoms with van der Waals surface area (Å²) in [5, 5.41) is 0. The van der Waals surface area contributed by atoms with Gasteiger partial charge in [0, 0.05) is 17.7 Å². The summed E-state index contributed by atoms with van der Waals surface area (Å²) in [4.78, 5) is 4.72. The molecule has 0 N–H and O–H groups in total. The molecule has 0 amide bonds. The molecule has 1 heterocycles. The van der Waals surface area contributed by atoms with Crippen molar-refractivity contribution in [2.75, 3.05) is 0 Å². The van der Waals surface area contributed by atoms with Crippen molar-refractivity contribution in [1.29, 1.82) is 0 Å².